The zero-order valence-corrected chi connectivity index (χ0v) is 6.65. The largest absolute Gasteiger partial charge is 0.117 e. The second kappa shape index (κ2) is 3.43. The van der Waals surface area contributed by atoms with Crippen molar-refractivity contribution in [1.29, 1.82) is 0 Å². The first-order chi connectivity index (χ1) is 3.13. The average molecular weight is 118 g/mol. The Balaban J connectivity index is 2.95. The van der Waals surface area contributed by atoms with E-state index in [9.17, 15) is 0 Å². The summed E-state index contributed by atoms with van der Waals surface area (Å²) in [6.07, 6.45) is 0. The predicted molar refractivity (Wildman–Crippen MR) is 38.6 cm³/mol. The second-order valence-electron chi connectivity index (χ2n) is 2.48. The average Bonchev–Trinajstić information content (AvgIpc) is 1.27. The molecule has 0 spiro atoms. The fourth-order valence-corrected chi connectivity index (χ4v) is 2.00. The highest BCUT2D eigenvalue weighted by Gasteiger charge is 1.95. The van der Waals surface area contributed by atoms with Gasteiger partial charge in [-0.05, 0) is 11.3 Å². The van der Waals surface area contributed by atoms with E-state index in [1.165, 1.54) is 0 Å². The minimum absolute atomic E-state index is 0.903. The van der Waals surface area contributed by atoms with E-state index >= 15 is 0 Å². The van der Waals surface area contributed by atoms with E-state index in [1.54, 1.807) is 0 Å². The molecular formula is C6H15P. The van der Waals surface area contributed by atoms with Gasteiger partial charge in [0.05, 0.1) is 0 Å². The molecule has 0 aliphatic rings. The van der Waals surface area contributed by atoms with E-state index in [0.29, 0.717) is 0 Å². The number of hydrogen-bond donors (Lipinski definition) is 0. The Morgan fingerprint density at radius 2 is 1.14 bits per heavy atom. The summed E-state index contributed by atoms with van der Waals surface area (Å²) in [7, 11) is 1.15. The van der Waals surface area contributed by atoms with Gasteiger partial charge in [0, 0.05) is 0 Å². The zero-order chi connectivity index (χ0) is 5.86. The van der Waals surface area contributed by atoms with Crippen LogP contribution < -0.4 is 0 Å². The Labute approximate surface area is 48.5 Å². The number of rotatable bonds is 2. The molecule has 0 aromatic rings. The Bertz CT molecular complexity index is 33.4. The molecule has 0 aliphatic carbocycles. The van der Waals surface area contributed by atoms with Crippen molar-refractivity contribution in [2.24, 2.45) is 0 Å². The van der Waals surface area contributed by atoms with Crippen LogP contribution in [0.25, 0.3) is 0 Å². The summed E-state index contributed by atoms with van der Waals surface area (Å²) in [5.41, 5.74) is 1.81. The lowest BCUT2D eigenvalue weighted by atomic mass is 10.5. The van der Waals surface area contributed by atoms with Crippen LogP contribution in [-0.4, -0.2) is 11.3 Å². The molecule has 1 heteroatoms. The summed E-state index contributed by atoms with van der Waals surface area (Å²) in [5, 5.41) is 0. The van der Waals surface area contributed by atoms with Crippen LogP contribution in [0.5, 0.6) is 0 Å². The van der Waals surface area contributed by atoms with Gasteiger partial charge >= 0.3 is 0 Å². The number of hydrogen-bond acceptors (Lipinski definition) is 0. The third kappa shape index (κ3) is 6.43. The van der Waals surface area contributed by atoms with Gasteiger partial charge in [-0.25, -0.2) is 0 Å². The first-order valence-corrected chi connectivity index (χ1v) is 4.04. The zero-order valence-electron chi connectivity index (χ0n) is 5.65. The SMILES string of the molecule is CC(C)PC(C)C. The monoisotopic (exact) mass is 118 g/mol. The van der Waals surface area contributed by atoms with E-state index in [-0.39, 0.29) is 0 Å². The Morgan fingerprint density at radius 3 is 1.14 bits per heavy atom. The quantitative estimate of drug-likeness (QED) is 0.488. The maximum absolute atomic E-state index is 2.28. The Kier molecular flexibility index (Phi) is 3.65. The Morgan fingerprint density at radius 1 is 0.857 bits per heavy atom. The van der Waals surface area contributed by atoms with Gasteiger partial charge in [-0.1, -0.05) is 27.7 Å². The lowest BCUT2D eigenvalue weighted by molar-refractivity contribution is 1.03. The molecule has 0 aliphatic heterocycles. The molecule has 0 N–H and O–H groups in total. The molecule has 0 nitrogen and oxygen atoms in total. The molecule has 0 unspecified atom stereocenters. The van der Waals surface area contributed by atoms with Gasteiger partial charge in [0.1, 0.15) is 0 Å². The highest BCUT2D eigenvalue weighted by molar-refractivity contribution is 7.39. The molecule has 0 amide bonds. The molecular weight excluding hydrogens is 103 g/mol. The van der Waals surface area contributed by atoms with E-state index in [2.05, 4.69) is 27.7 Å². The molecule has 0 atom stereocenters. The van der Waals surface area contributed by atoms with Crippen molar-refractivity contribution in [2.45, 2.75) is 39.0 Å². The third-order valence-electron chi connectivity index (χ3n) is 0.667. The third-order valence-corrected chi connectivity index (χ3v) is 2.00. The normalized spacial score (nSPS) is 11.1. The van der Waals surface area contributed by atoms with Gasteiger partial charge < -0.3 is 0 Å². The van der Waals surface area contributed by atoms with E-state index in [1.807, 2.05) is 0 Å². The van der Waals surface area contributed by atoms with E-state index in [0.717, 1.165) is 19.9 Å². The minimum atomic E-state index is 0.903. The van der Waals surface area contributed by atoms with Crippen molar-refractivity contribution in [3.05, 3.63) is 0 Å². The van der Waals surface area contributed by atoms with Crippen LogP contribution in [0.1, 0.15) is 27.7 Å². The second-order valence-corrected chi connectivity index (χ2v) is 5.12. The van der Waals surface area contributed by atoms with Gasteiger partial charge in [0.2, 0.25) is 0 Å². The van der Waals surface area contributed by atoms with Crippen LogP contribution in [0, 0.1) is 0 Å². The van der Waals surface area contributed by atoms with E-state index < -0.39 is 0 Å². The van der Waals surface area contributed by atoms with Crippen LogP contribution >= 0.6 is 8.58 Å². The van der Waals surface area contributed by atoms with Crippen molar-refractivity contribution >= 4 is 8.58 Å². The summed E-state index contributed by atoms with van der Waals surface area (Å²) >= 11 is 0. The molecule has 0 heterocycles. The van der Waals surface area contributed by atoms with Crippen molar-refractivity contribution in [3.8, 4) is 0 Å². The molecule has 44 valence electrons. The summed E-state index contributed by atoms with van der Waals surface area (Å²) < 4.78 is 0. The van der Waals surface area contributed by atoms with Crippen LogP contribution in [0.3, 0.4) is 0 Å². The minimum Gasteiger partial charge on any atom is -0.117 e. The van der Waals surface area contributed by atoms with Gasteiger partial charge in [0.25, 0.3) is 0 Å². The van der Waals surface area contributed by atoms with Gasteiger partial charge in [-0.3, -0.25) is 0 Å². The lowest BCUT2D eigenvalue weighted by Crippen LogP contribution is -1.90. The molecule has 0 fully saturated rings. The highest BCUT2D eigenvalue weighted by Crippen LogP contribution is 2.23. The molecule has 0 bridgehead atoms. The van der Waals surface area contributed by atoms with E-state index in [4.69, 9.17) is 0 Å². The van der Waals surface area contributed by atoms with Crippen molar-refractivity contribution in [2.75, 3.05) is 0 Å². The van der Waals surface area contributed by atoms with Crippen LogP contribution in [0.4, 0.5) is 0 Å². The molecule has 7 heavy (non-hydrogen) atoms. The van der Waals surface area contributed by atoms with Crippen LogP contribution in [-0.2, 0) is 0 Å². The molecule has 0 aromatic carbocycles. The predicted octanol–water partition coefficient (Wildman–Crippen LogP) is 2.48. The maximum atomic E-state index is 2.28. The van der Waals surface area contributed by atoms with Crippen LogP contribution in [0.15, 0.2) is 0 Å². The molecule has 0 saturated carbocycles. The summed E-state index contributed by atoms with van der Waals surface area (Å²) in [6, 6.07) is 0. The van der Waals surface area contributed by atoms with Gasteiger partial charge in [0.15, 0.2) is 0 Å². The standard InChI is InChI=1S/C6H15P/c1-5(2)7-6(3)4/h5-7H,1-4H3. The first-order valence-electron chi connectivity index (χ1n) is 2.89. The van der Waals surface area contributed by atoms with Crippen molar-refractivity contribution in [1.82, 2.24) is 0 Å². The van der Waals surface area contributed by atoms with Gasteiger partial charge in [-0.15, -0.1) is 8.58 Å². The topological polar surface area (TPSA) is 0 Å². The van der Waals surface area contributed by atoms with Gasteiger partial charge in [-0.2, -0.15) is 0 Å². The smallest absolute Gasteiger partial charge is 0.0291 e. The Hall–Kier alpha value is 0.430. The molecule has 0 radical (unpaired) electrons. The lowest BCUT2D eigenvalue weighted by Gasteiger charge is -2.06. The summed E-state index contributed by atoms with van der Waals surface area (Å²) in [6.45, 7) is 9.10. The fraction of sp³-hybridized carbons (Fsp3) is 1.00. The highest BCUT2D eigenvalue weighted by atomic mass is 31.1. The maximum Gasteiger partial charge on any atom is -0.0291 e. The fourth-order valence-electron chi connectivity index (χ4n) is 0.667. The molecule has 0 aromatic heterocycles. The molecule has 0 rings (SSSR count). The summed E-state index contributed by atoms with van der Waals surface area (Å²) in [4.78, 5) is 0. The van der Waals surface area contributed by atoms with Crippen molar-refractivity contribution < 1.29 is 0 Å². The first kappa shape index (κ1) is 7.43. The van der Waals surface area contributed by atoms with Crippen molar-refractivity contribution in [3.63, 3.8) is 0 Å². The molecule has 0 saturated heterocycles. The summed E-state index contributed by atoms with van der Waals surface area (Å²) in [5.74, 6) is 0. The van der Waals surface area contributed by atoms with Crippen LogP contribution in [0.2, 0.25) is 0 Å².